The lowest BCUT2D eigenvalue weighted by atomic mass is 10.1. The number of rotatable bonds is 4. The zero-order valence-electron chi connectivity index (χ0n) is 14.6. The highest BCUT2D eigenvalue weighted by molar-refractivity contribution is 7.89. The van der Waals surface area contributed by atoms with E-state index in [0.717, 1.165) is 12.1 Å². The minimum Gasteiger partial charge on any atom is -0.350 e. The summed E-state index contributed by atoms with van der Waals surface area (Å²) >= 11 is 5.88. The summed E-state index contributed by atoms with van der Waals surface area (Å²) in [6.07, 6.45) is 0. The largest absolute Gasteiger partial charge is 0.350 e. The van der Waals surface area contributed by atoms with Gasteiger partial charge in [0.25, 0.3) is 0 Å². The second-order valence-corrected chi connectivity index (χ2v) is 9.37. The van der Waals surface area contributed by atoms with Gasteiger partial charge in [-0.3, -0.25) is 9.69 Å². The van der Waals surface area contributed by atoms with E-state index in [1.54, 1.807) is 0 Å². The van der Waals surface area contributed by atoms with Crippen molar-refractivity contribution >= 4 is 27.5 Å². The molecule has 1 aromatic rings. The topological polar surface area (TPSA) is 69.7 Å². The van der Waals surface area contributed by atoms with E-state index in [1.165, 1.54) is 10.4 Å². The highest BCUT2D eigenvalue weighted by Gasteiger charge is 2.31. The maximum absolute atomic E-state index is 13.1. The molecule has 2 rings (SSSR count). The number of nitrogens with zero attached hydrogens (tertiary/aromatic N) is 2. The van der Waals surface area contributed by atoms with Crippen LogP contribution in [0.1, 0.15) is 20.8 Å². The van der Waals surface area contributed by atoms with Crippen molar-refractivity contribution in [1.82, 2.24) is 14.5 Å². The molecule has 1 saturated heterocycles. The van der Waals surface area contributed by atoms with Crippen molar-refractivity contribution in [3.63, 3.8) is 0 Å². The smallest absolute Gasteiger partial charge is 0.244 e. The fraction of sp³-hybridized carbons (Fsp3) is 0.562. The van der Waals surface area contributed by atoms with Gasteiger partial charge in [-0.15, -0.1) is 0 Å². The van der Waals surface area contributed by atoms with Gasteiger partial charge in [0.15, 0.2) is 0 Å². The first-order valence-electron chi connectivity index (χ1n) is 7.97. The number of carbonyl (C=O) groups is 1. The van der Waals surface area contributed by atoms with Crippen LogP contribution in [0.2, 0.25) is 5.02 Å². The van der Waals surface area contributed by atoms with Crippen LogP contribution in [-0.2, 0) is 14.8 Å². The van der Waals surface area contributed by atoms with Crippen LogP contribution < -0.4 is 5.32 Å². The van der Waals surface area contributed by atoms with E-state index in [9.17, 15) is 17.6 Å². The summed E-state index contributed by atoms with van der Waals surface area (Å²) in [7, 11) is -3.78. The van der Waals surface area contributed by atoms with Crippen molar-refractivity contribution < 1.29 is 17.6 Å². The van der Waals surface area contributed by atoms with E-state index in [0.29, 0.717) is 13.1 Å². The van der Waals surface area contributed by atoms with Crippen molar-refractivity contribution in [3.05, 3.63) is 29.0 Å². The normalized spacial score (nSPS) is 17.5. The molecule has 0 atom stereocenters. The molecule has 0 saturated carbocycles. The van der Waals surface area contributed by atoms with Crippen molar-refractivity contribution in [2.24, 2.45) is 0 Å². The molecular weight excluding hydrogens is 369 g/mol. The summed E-state index contributed by atoms with van der Waals surface area (Å²) in [5, 5.41) is 2.75. The third-order valence-corrected chi connectivity index (χ3v) is 6.11. The molecular formula is C16H23ClFN3O3S. The SMILES string of the molecule is CC(C)(C)NC(=O)CN1CCN(S(=O)(=O)c2ccc(F)cc2Cl)CC1. The van der Waals surface area contributed by atoms with Crippen LogP contribution in [0.25, 0.3) is 0 Å². The zero-order chi connectivity index (χ0) is 18.8. The fourth-order valence-electron chi connectivity index (χ4n) is 2.61. The second kappa shape index (κ2) is 7.57. The Bertz CT molecular complexity index is 741. The van der Waals surface area contributed by atoms with Gasteiger partial charge in [0, 0.05) is 31.7 Å². The quantitative estimate of drug-likeness (QED) is 0.848. The number of nitrogens with one attached hydrogen (secondary N) is 1. The molecule has 1 fully saturated rings. The molecule has 1 heterocycles. The third kappa shape index (κ3) is 5.37. The average molecular weight is 392 g/mol. The average Bonchev–Trinajstić information content (AvgIpc) is 2.45. The van der Waals surface area contributed by atoms with Crippen LogP contribution in [0, 0.1) is 5.82 Å². The first kappa shape index (κ1) is 20.1. The fourth-order valence-corrected chi connectivity index (χ4v) is 4.54. The van der Waals surface area contributed by atoms with Gasteiger partial charge in [0.1, 0.15) is 10.7 Å². The Morgan fingerprint density at radius 3 is 2.36 bits per heavy atom. The molecule has 25 heavy (non-hydrogen) atoms. The summed E-state index contributed by atoms with van der Waals surface area (Å²) in [5.41, 5.74) is -0.304. The zero-order valence-corrected chi connectivity index (χ0v) is 16.1. The number of halogens is 2. The summed E-state index contributed by atoms with van der Waals surface area (Å²) < 4.78 is 39.8. The molecule has 0 spiro atoms. The number of amides is 1. The standard InChI is InChI=1S/C16H23ClFN3O3S/c1-16(2,3)19-15(22)11-20-6-8-21(9-7-20)25(23,24)14-5-4-12(18)10-13(14)17/h4-5,10H,6-9,11H2,1-3H3,(H,19,22). The Labute approximate surface area is 153 Å². The van der Waals surface area contributed by atoms with Gasteiger partial charge < -0.3 is 5.32 Å². The molecule has 0 radical (unpaired) electrons. The molecule has 0 bridgehead atoms. The lowest BCUT2D eigenvalue weighted by Crippen LogP contribution is -2.52. The molecule has 1 aliphatic heterocycles. The predicted octanol–water partition coefficient (Wildman–Crippen LogP) is 1.70. The lowest BCUT2D eigenvalue weighted by molar-refractivity contribution is -0.123. The molecule has 1 aromatic carbocycles. The third-order valence-electron chi connectivity index (χ3n) is 3.72. The molecule has 0 unspecified atom stereocenters. The molecule has 1 amide bonds. The minimum absolute atomic E-state index is 0.0922. The number of benzene rings is 1. The summed E-state index contributed by atoms with van der Waals surface area (Å²) in [6, 6.07) is 3.24. The Morgan fingerprint density at radius 1 is 1.24 bits per heavy atom. The maximum atomic E-state index is 13.1. The molecule has 1 N–H and O–H groups in total. The minimum atomic E-state index is -3.78. The highest BCUT2D eigenvalue weighted by Crippen LogP contribution is 2.26. The molecule has 0 aliphatic carbocycles. The maximum Gasteiger partial charge on any atom is 0.244 e. The van der Waals surface area contributed by atoms with Crippen LogP contribution in [0.15, 0.2) is 23.1 Å². The van der Waals surface area contributed by atoms with Gasteiger partial charge in [-0.2, -0.15) is 4.31 Å². The number of sulfonamides is 1. The van der Waals surface area contributed by atoms with Crippen LogP contribution in [-0.4, -0.2) is 61.8 Å². The van der Waals surface area contributed by atoms with E-state index in [4.69, 9.17) is 11.6 Å². The van der Waals surface area contributed by atoms with Crippen LogP contribution in [0.3, 0.4) is 0 Å². The first-order valence-corrected chi connectivity index (χ1v) is 9.79. The predicted molar refractivity (Wildman–Crippen MR) is 94.5 cm³/mol. The van der Waals surface area contributed by atoms with Crippen molar-refractivity contribution in [1.29, 1.82) is 0 Å². The summed E-state index contributed by atoms with van der Waals surface area (Å²) in [6.45, 7) is 7.32. The molecule has 6 nitrogen and oxygen atoms in total. The lowest BCUT2D eigenvalue weighted by Gasteiger charge is -2.34. The van der Waals surface area contributed by atoms with Crippen molar-refractivity contribution in [3.8, 4) is 0 Å². The monoisotopic (exact) mass is 391 g/mol. The number of hydrogen-bond acceptors (Lipinski definition) is 4. The molecule has 0 aromatic heterocycles. The van der Waals surface area contributed by atoms with E-state index < -0.39 is 15.8 Å². The van der Waals surface area contributed by atoms with Crippen LogP contribution in [0.4, 0.5) is 4.39 Å². The van der Waals surface area contributed by atoms with Crippen LogP contribution >= 0.6 is 11.6 Å². The van der Waals surface area contributed by atoms with Gasteiger partial charge in [-0.05, 0) is 39.0 Å². The Kier molecular flexibility index (Phi) is 6.09. The second-order valence-electron chi connectivity index (χ2n) is 7.05. The van der Waals surface area contributed by atoms with Crippen molar-refractivity contribution in [2.45, 2.75) is 31.2 Å². The van der Waals surface area contributed by atoms with Crippen LogP contribution in [0.5, 0.6) is 0 Å². The Hall–Kier alpha value is -1.22. The Morgan fingerprint density at radius 2 is 1.84 bits per heavy atom. The van der Waals surface area contributed by atoms with Gasteiger partial charge in [-0.25, -0.2) is 12.8 Å². The number of piperazine rings is 1. The summed E-state index contributed by atoms with van der Waals surface area (Å²) in [4.78, 5) is 13.8. The van der Waals surface area contributed by atoms with E-state index >= 15 is 0 Å². The van der Waals surface area contributed by atoms with Gasteiger partial charge in [0.05, 0.1) is 11.6 Å². The first-order chi connectivity index (χ1) is 11.5. The molecule has 9 heteroatoms. The van der Waals surface area contributed by atoms with Gasteiger partial charge in [-0.1, -0.05) is 11.6 Å². The van der Waals surface area contributed by atoms with E-state index in [1.807, 2.05) is 25.7 Å². The van der Waals surface area contributed by atoms with E-state index in [-0.39, 0.29) is 41.0 Å². The molecule has 140 valence electrons. The number of hydrogen-bond donors (Lipinski definition) is 1. The van der Waals surface area contributed by atoms with Crippen molar-refractivity contribution in [2.75, 3.05) is 32.7 Å². The van der Waals surface area contributed by atoms with Gasteiger partial charge in [0.2, 0.25) is 15.9 Å². The number of carbonyl (C=O) groups excluding carboxylic acids is 1. The van der Waals surface area contributed by atoms with E-state index in [2.05, 4.69) is 5.32 Å². The summed E-state index contributed by atoms with van der Waals surface area (Å²) in [5.74, 6) is -0.677. The van der Waals surface area contributed by atoms with Gasteiger partial charge >= 0.3 is 0 Å². The highest BCUT2D eigenvalue weighted by atomic mass is 35.5. The molecule has 1 aliphatic rings. The Balaban J connectivity index is 1.98.